The van der Waals surface area contributed by atoms with Crippen LogP contribution in [0.2, 0.25) is 0 Å². The van der Waals surface area contributed by atoms with Gasteiger partial charge in [0.2, 0.25) is 0 Å². The summed E-state index contributed by atoms with van der Waals surface area (Å²) in [4.78, 5) is 12.0. The minimum Gasteiger partial charge on any atom is -0.463 e. The van der Waals surface area contributed by atoms with E-state index in [4.69, 9.17) is 4.74 Å². The molecule has 0 bridgehead atoms. The minimum atomic E-state index is -0.880. The monoisotopic (exact) mass is 250 g/mol. The summed E-state index contributed by atoms with van der Waals surface area (Å²) >= 11 is 0. The van der Waals surface area contributed by atoms with E-state index in [-0.39, 0.29) is 11.4 Å². The van der Waals surface area contributed by atoms with Gasteiger partial charge in [-0.05, 0) is 39.0 Å². The fourth-order valence-electron chi connectivity index (χ4n) is 3.50. The van der Waals surface area contributed by atoms with Crippen molar-refractivity contribution in [2.45, 2.75) is 51.6 Å². The molecule has 0 aliphatic heterocycles. The standard InChI is InChI=1S/C15H22O3/c1-4-15(17)9-6-7-12-11(13(16)18-5-2)8-10-14(12,15)3/h4,17H,1,5-10H2,2-3H3/t14-,15-/m1/s1. The first-order valence-electron chi connectivity index (χ1n) is 6.74. The molecule has 3 nitrogen and oxygen atoms in total. The van der Waals surface area contributed by atoms with Gasteiger partial charge in [-0.2, -0.15) is 0 Å². The summed E-state index contributed by atoms with van der Waals surface area (Å²) in [7, 11) is 0. The maximum atomic E-state index is 12.0. The van der Waals surface area contributed by atoms with E-state index in [2.05, 4.69) is 13.5 Å². The molecular weight excluding hydrogens is 228 g/mol. The molecule has 0 unspecified atom stereocenters. The maximum absolute atomic E-state index is 12.0. The fourth-order valence-corrected chi connectivity index (χ4v) is 3.50. The van der Waals surface area contributed by atoms with Gasteiger partial charge >= 0.3 is 5.97 Å². The number of esters is 1. The molecule has 0 aromatic rings. The Bertz CT molecular complexity index is 410. The van der Waals surface area contributed by atoms with E-state index in [1.54, 1.807) is 6.08 Å². The number of hydrogen-bond acceptors (Lipinski definition) is 3. The van der Waals surface area contributed by atoms with Crippen molar-refractivity contribution >= 4 is 5.97 Å². The molecule has 2 aliphatic rings. The lowest BCUT2D eigenvalue weighted by molar-refractivity contribution is -0.138. The van der Waals surface area contributed by atoms with Crippen LogP contribution in [0.3, 0.4) is 0 Å². The van der Waals surface area contributed by atoms with Crippen molar-refractivity contribution in [3.05, 3.63) is 23.8 Å². The molecule has 0 aromatic carbocycles. The number of aliphatic hydroxyl groups is 1. The summed E-state index contributed by atoms with van der Waals surface area (Å²) in [5, 5.41) is 10.7. The number of carbonyl (C=O) groups excluding carboxylic acids is 1. The topological polar surface area (TPSA) is 46.5 Å². The van der Waals surface area contributed by atoms with Gasteiger partial charge in [0.1, 0.15) is 0 Å². The third-order valence-corrected chi connectivity index (χ3v) is 4.71. The van der Waals surface area contributed by atoms with Crippen molar-refractivity contribution < 1.29 is 14.6 Å². The highest BCUT2D eigenvalue weighted by atomic mass is 16.5. The van der Waals surface area contributed by atoms with Crippen molar-refractivity contribution in [2.24, 2.45) is 5.41 Å². The van der Waals surface area contributed by atoms with Crippen LogP contribution < -0.4 is 0 Å². The van der Waals surface area contributed by atoms with Crippen molar-refractivity contribution in [1.29, 1.82) is 0 Å². The largest absolute Gasteiger partial charge is 0.463 e. The molecule has 2 aliphatic carbocycles. The van der Waals surface area contributed by atoms with Crippen molar-refractivity contribution in [1.82, 2.24) is 0 Å². The molecule has 3 heteroatoms. The molecule has 1 fully saturated rings. The molecule has 0 amide bonds. The highest BCUT2D eigenvalue weighted by Crippen LogP contribution is 2.56. The molecule has 1 saturated carbocycles. The van der Waals surface area contributed by atoms with Crippen LogP contribution in [0.1, 0.15) is 46.0 Å². The van der Waals surface area contributed by atoms with Crippen molar-refractivity contribution in [2.75, 3.05) is 6.61 Å². The summed E-state index contributed by atoms with van der Waals surface area (Å²) in [6.07, 6.45) is 5.68. The van der Waals surface area contributed by atoms with Gasteiger partial charge in [-0.25, -0.2) is 4.79 Å². The van der Waals surface area contributed by atoms with E-state index < -0.39 is 5.60 Å². The summed E-state index contributed by atoms with van der Waals surface area (Å²) in [6.45, 7) is 8.05. The van der Waals surface area contributed by atoms with Gasteiger partial charge in [-0.15, -0.1) is 6.58 Å². The van der Waals surface area contributed by atoms with Gasteiger partial charge in [0.05, 0.1) is 12.2 Å². The predicted molar refractivity (Wildman–Crippen MR) is 70.0 cm³/mol. The van der Waals surface area contributed by atoms with Gasteiger partial charge in [-0.3, -0.25) is 0 Å². The summed E-state index contributed by atoms with van der Waals surface area (Å²) in [6, 6.07) is 0. The lowest BCUT2D eigenvalue weighted by Crippen LogP contribution is -2.47. The average molecular weight is 250 g/mol. The zero-order valence-electron chi connectivity index (χ0n) is 11.3. The number of rotatable bonds is 3. The maximum Gasteiger partial charge on any atom is 0.333 e. The van der Waals surface area contributed by atoms with E-state index in [0.29, 0.717) is 13.0 Å². The first-order chi connectivity index (χ1) is 8.48. The number of hydrogen-bond donors (Lipinski definition) is 1. The SMILES string of the molecule is C=C[C@@]1(O)CCCC2=C(C(=O)OCC)CC[C@]21C. The Balaban J connectivity index is 2.40. The molecule has 0 heterocycles. The van der Waals surface area contributed by atoms with Crippen LogP contribution in [0, 0.1) is 5.41 Å². The third kappa shape index (κ3) is 1.72. The molecule has 18 heavy (non-hydrogen) atoms. The number of fused-ring (bicyclic) bond motifs is 1. The molecule has 2 atom stereocenters. The van der Waals surface area contributed by atoms with E-state index >= 15 is 0 Å². The zero-order chi connectivity index (χ0) is 13.4. The quantitative estimate of drug-likeness (QED) is 0.619. The van der Waals surface area contributed by atoms with E-state index in [0.717, 1.165) is 36.8 Å². The van der Waals surface area contributed by atoms with Crippen LogP contribution in [0.4, 0.5) is 0 Å². The van der Waals surface area contributed by atoms with Gasteiger partial charge in [0, 0.05) is 11.0 Å². The van der Waals surface area contributed by atoms with Gasteiger partial charge < -0.3 is 9.84 Å². The lowest BCUT2D eigenvalue weighted by Gasteiger charge is -2.46. The molecule has 0 radical (unpaired) electrons. The van der Waals surface area contributed by atoms with Crippen LogP contribution >= 0.6 is 0 Å². The van der Waals surface area contributed by atoms with Crippen LogP contribution in [0.15, 0.2) is 23.8 Å². The molecule has 0 saturated heterocycles. The Morgan fingerprint density at radius 3 is 2.83 bits per heavy atom. The first-order valence-corrected chi connectivity index (χ1v) is 6.74. The summed E-state index contributed by atoms with van der Waals surface area (Å²) in [5.41, 5.74) is 0.665. The number of ether oxygens (including phenoxy) is 1. The van der Waals surface area contributed by atoms with E-state index in [1.807, 2.05) is 6.92 Å². The molecule has 0 aromatic heterocycles. The highest BCUT2D eigenvalue weighted by Gasteiger charge is 2.53. The van der Waals surface area contributed by atoms with E-state index in [1.165, 1.54) is 0 Å². The average Bonchev–Trinajstić information content (AvgIpc) is 2.70. The normalized spacial score (nSPS) is 35.3. The second-order valence-electron chi connectivity index (χ2n) is 5.49. The predicted octanol–water partition coefficient (Wildman–Crippen LogP) is 2.75. The molecule has 0 spiro atoms. The first kappa shape index (κ1) is 13.3. The molecule has 1 N–H and O–H groups in total. The highest BCUT2D eigenvalue weighted by molar-refractivity contribution is 5.90. The summed E-state index contributed by atoms with van der Waals surface area (Å²) < 4.78 is 5.12. The van der Waals surface area contributed by atoms with Crippen molar-refractivity contribution in [3.8, 4) is 0 Å². The Hall–Kier alpha value is -1.09. The fraction of sp³-hybridized carbons (Fsp3) is 0.667. The van der Waals surface area contributed by atoms with Crippen LogP contribution in [-0.2, 0) is 9.53 Å². The van der Waals surface area contributed by atoms with Crippen molar-refractivity contribution in [3.63, 3.8) is 0 Å². The Morgan fingerprint density at radius 1 is 1.50 bits per heavy atom. The lowest BCUT2D eigenvalue weighted by atomic mass is 9.62. The Labute approximate surface area is 109 Å². The molecule has 2 rings (SSSR count). The third-order valence-electron chi connectivity index (χ3n) is 4.71. The number of carbonyl (C=O) groups is 1. The smallest absolute Gasteiger partial charge is 0.333 e. The zero-order valence-corrected chi connectivity index (χ0v) is 11.3. The van der Waals surface area contributed by atoms with Crippen LogP contribution in [0.5, 0.6) is 0 Å². The van der Waals surface area contributed by atoms with E-state index in [9.17, 15) is 9.90 Å². The Morgan fingerprint density at radius 2 is 2.22 bits per heavy atom. The summed E-state index contributed by atoms with van der Waals surface area (Å²) in [5.74, 6) is -0.204. The minimum absolute atomic E-state index is 0.204. The molecular formula is C15H22O3. The second kappa shape index (κ2) is 4.54. The van der Waals surface area contributed by atoms with Crippen LogP contribution in [-0.4, -0.2) is 23.3 Å². The van der Waals surface area contributed by atoms with Crippen LogP contribution in [0.25, 0.3) is 0 Å². The Kier molecular flexibility index (Phi) is 3.37. The van der Waals surface area contributed by atoms with Gasteiger partial charge in [-0.1, -0.05) is 18.6 Å². The van der Waals surface area contributed by atoms with Gasteiger partial charge in [0.25, 0.3) is 0 Å². The second-order valence-corrected chi connectivity index (χ2v) is 5.49. The molecule has 100 valence electrons. The van der Waals surface area contributed by atoms with Gasteiger partial charge in [0.15, 0.2) is 0 Å².